The van der Waals surface area contributed by atoms with Crippen molar-refractivity contribution in [3.63, 3.8) is 0 Å². The van der Waals surface area contributed by atoms with Crippen LogP contribution in [0.15, 0.2) is 54.6 Å². The van der Waals surface area contributed by atoms with Crippen molar-refractivity contribution < 1.29 is 58.6 Å². The Bertz CT molecular complexity index is 2140. The van der Waals surface area contributed by atoms with Crippen LogP contribution in [0.1, 0.15) is 93.8 Å². The number of aromatic nitrogens is 4. The lowest BCUT2D eigenvalue weighted by atomic mass is 9.94. The number of amides is 3. The molecule has 11 nitrogen and oxygen atoms in total. The zero-order valence-electron chi connectivity index (χ0n) is 30.7. The molecule has 2 aliphatic rings. The predicted molar refractivity (Wildman–Crippen MR) is 184 cm³/mol. The average molecular weight is 812 g/mol. The number of anilines is 2. The van der Waals surface area contributed by atoms with Crippen molar-refractivity contribution in [2.75, 3.05) is 22.9 Å². The zero-order valence-corrected chi connectivity index (χ0v) is 30.7. The molecule has 20 heteroatoms. The van der Waals surface area contributed by atoms with E-state index >= 15 is 0 Å². The average Bonchev–Trinajstić information content (AvgIpc) is 3.60. The van der Waals surface area contributed by atoms with Crippen molar-refractivity contribution in [1.29, 1.82) is 0 Å². The molecule has 0 fully saturated rings. The smallest absolute Gasteiger partial charge is 0.416 e. The number of aryl methyl sites for hydroxylation is 1. The number of hydrogen-bond acceptors (Lipinski definition) is 8. The van der Waals surface area contributed by atoms with Crippen LogP contribution in [0, 0.1) is 6.92 Å². The lowest BCUT2D eigenvalue weighted by molar-refractivity contribution is -0.143. The van der Waals surface area contributed by atoms with Crippen LogP contribution >= 0.6 is 0 Å². The molecule has 304 valence electrons. The van der Waals surface area contributed by atoms with Gasteiger partial charge in [-0.15, -0.1) is 5.10 Å². The molecule has 4 aromatic rings. The Labute approximate surface area is 319 Å². The molecule has 0 saturated carbocycles. The number of carbonyl (C=O) groups is 3. The number of rotatable bonds is 7. The van der Waals surface area contributed by atoms with Gasteiger partial charge in [0.1, 0.15) is 5.60 Å². The van der Waals surface area contributed by atoms with E-state index in [9.17, 15) is 53.9 Å². The topological polar surface area (TPSA) is 114 Å². The molecule has 1 aromatic heterocycles. The highest BCUT2D eigenvalue weighted by molar-refractivity contribution is 6.21. The van der Waals surface area contributed by atoms with Gasteiger partial charge in [-0.05, 0) is 98.8 Å². The minimum Gasteiger partial charge on any atom is -0.443 e. The van der Waals surface area contributed by atoms with Crippen LogP contribution in [0.4, 0.5) is 55.9 Å². The van der Waals surface area contributed by atoms with Crippen LogP contribution in [0.2, 0.25) is 0 Å². The minimum atomic E-state index is -5.19. The first-order chi connectivity index (χ1) is 26.4. The highest BCUT2D eigenvalue weighted by Crippen LogP contribution is 2.45. The number of benzene rings is 3. The summed E-state index contributed by atoms with van der Waals surface area (Å²) in [5.41, 5.74) is -6.00. The summed E-state index contributed by atoms with van der Waals surface area (Å²) in [5, 5.41) is 12.3. The lowest BCUT2D eigenvalue weighted by Crippen LogP contribution is -2.37. The van der Waals surface area contributed by atoms with Gasteiger partial charge in [0.25, 0.3) is 17.8 Å². The molecule has 0 N–H and O–H groups in total. The highest BCUT2D eigenvalue weighted by atomic mass is 19.4. The number of hydrogen-bond donors (Lipinski definition) is 0. The third kappa shape index (κ3) is 8.68. The second-order valence-electron chi connectivity index (χ2n) is 14.5. The molecule has 0 aliphatic carbocycles. The first-order valence-electron chi connectivity index (χ1n) is 17.4. The largest absolute Gasteiger partial charge is 0.443 e. The van der Waals surface area contributed by atoms with Crippen LogP contribution in [0.5, 0.6) is 0 Å². The number of fused-ring (bicyclic) bond motifs is 2. The van der Waals surface area contributed by atoms with Gasteiger partial charge < -0.3 is 9.64 Å². The van der Waals surface area contributed by atoms with E-state index in [-0.39, 0.29) is 72.4 Å². The van der Waals surface area contributed by atoms with Gasteiger partial charge in [0, 0.05) is 13.1 Å². The van der Waals surface area contributed by atoms with E-state index in [1.54, 1.807) is 32.9 Å². The Kier molecular flexibility index (Phi) is 10.5. The van der Waals surface area contributed by atoms with Crippen LogP contribution in [-0.4, -0.2) is 61.7 Å². The van der Waals surface area contributed by atoms with Gasteiger partial charge in [0.2, 0.25) is 0 Å². The molecule has 1 unspecified atom stereocenters. The summed E-state index contributed by atoms with van der Waals surface area (Å²) in [5.74, 6) is -1.52. The Hall–Kier alpha value is -5.69. The summed E-state index contributed by atoms with van der Waals surface area (Å²) in [6.07, 6.45) is -16.2. The fourth-order valence-electron chi connectivity index (χ4n) is 6.78. The zero-order chi connectivity index (χ0) is 41.8. The van der Waals surface area contributed by atoms with Gasteiger partial charge in [-0.25, -0.2) is 4.79 Å². The van der Waals surface area contributed by atoms with Gasteiger partial charge in [-0.1, -0.05) is 23.3 Å². The molecule has 0 radical (unpaired) electrons. The van der Waals surface area contributed by atoms with Crippen molar-refractivity contribution in [3.8, 4) is 0 Å². The molecule has 0 bridgehead atoms. The minimum absolute atomic E-state index is 0.00816. The van der Waals surface area contributed by atoms with Gasteiger partial charge in [0.05, 0.1) is 52.6 Å². The summed E-state index contributed by atoms with van der Waals surface area (Å²) < 4.78 is 132. The van der Waals surface area contributed by atoms with E-state index in [0.29, 0.717) is 12.1 Å². The number of imide groups is 1. The monoisotopic (exact) mass is 811 g/mol. The van der Waals surface area contributed by atoms with E-state index in [4.69, 9.17) is 4.74 Å². The second-order valence-corrected chi connectivity index (χ2v) is 14.5. The van der Waals surface area contributed by atoms with E-state index in [1.165, 1.54) is 24.0 Å². The maximum atomic E-state index is 14.3. The molecular formula is C37H34F9N7O4. The molecule has 3 heterocycles. The van der Waals surface area contributed by atoms with Crippen molar-refractivity contribution in [1.82, 2.24) is 25.1 Å². The van der Waals surface area contributed by atoms with Crippen LogP contribution < -0.4 is 9.80 Å². The number of nitrogens with zero attached hydrogens (tertiary/aromatic N) is 7. The molecular weight excluding hydrogens is 777 g/mol. The van der Waals surface area contributed by atoms with Crippen LogP contribution in [-0.2, 0) is 36.4 Å². The predicted octanol–water partition coefficient (Wildman–Crippen LogP) is 8.62. The second kappa shape index (κ2) is 14.7. The third-order valence-corrected chi connectivity index (χ3v) is 9.28. The van der Waals surface area contributed by atoms with Crippen molar-refractivity contribution in [2.24, 2.45) is 0 Å². The summed E-state index contributed by atoms with van der Waals surface area (Å²) >= 11 is 0. The number of carbonyl (C=O) groups excluding carboxylic acids is 3. The molecule has 6 rings (SSSR count). The SMILES string of the molecule is Cc1cc2c(cc1C(F)(F)F)N(C(=O)OC(C)(C)C)CCCC2N(Cc1cc(C(F)(F)F)cc(C(F)(F)F)c1)c1nnn(CCN2C(=O)c3ccccc3C2=O)n1. The molecule has 57 heavy (non-hydrogen) atoms. The quantitative estimate of drug-likeness (QED) is 0.135. The fraction of sp³-hybridized carbons (Fsp3) is 0.405. The normalized spacial score (nSPS) is 16.4. The summed E-state index contributed by atoms with van der Waals surface area (Å²) in [6, 6.07) is 7.85. The van der Waals surface area contributed by atoms with Gasteiger partial charge in [0.15, 0.2) is 0 Å². The molecule has 0 spiro atoms. The Balaban J connectivity index is 1.46. The summed E-state index contributed by atoms with van der Waals surface area (Å²) in [4.78, 5) is 43.4. The molecule has 3 aromatic carbocycles. The van der Waals surface area contributed by atoms with Crippen molar-refractivity contribution in [3.05, 3.63) is 99.1 Å². The molecule has 0 saturated heterocycles. The molecule has 1 atom stereocenters. The number of ether oxygens (including phenoxy) is 1. The first kappa shape index (κ1) is 41.0. The van der Waals surface area contributed by atoms with E-state index < -0.39 is 76.9 Å². The molecule has 3 amide bonds. The Morgan fingerprint density at radius 2 is 1.44 bits per heavy atom. The number of tetrazole rings is 1. The van der Waals surface area contributed by atoms with Crippen LogP contribution in [0.25, 0.3) is 0 Å². The summed E-state index contributed by atoms with van der Waals surface area (Å²) in [6.45, 7) is 4.43. The van der Waals surface area contributed by atoms with Gasteiger partial charge >= 0.3 is 24.6 Å². The highest BCUT2D eigenvalue weighted by Gasteiger charge is 2.41. The van der Waals surface area contributed by atoms with E-state index in [1.807, 2.05) is 0 Å². The van der Waals surface area contributed by atoms with E-state index in [2.05, 4.69) is 15.4 Å². The Morgan fingerprint density at radius 1 is 0.842 bits per heavy atom. The standard InChI is InChI=1S/C37H34F9N7O4/c1-20-14-26-28(10-7-11-50(33(56)57-34(2,3)4)29(26)18-27(20)37(44,45)46)52(19-21-15-22(35(38,39)40)17-23(16-21)36(41,42)43)32-47-49-53(48-32)13-12-51-30(54)24-8-5-6-9-25(24)31(51)55/h5-6,8-9,14-18,28H,7,10-13,19H2,1-4H3. The fourth-order valence-corrected chi connectivity index (χ4v) is 6.78. The van der Waals surface area contributed by atoms with Crippen molar-refractivity contribution >= 4 is 29.5 Å². The summed E-state index contributed by atoms with van der Waals surface area (Å²) in [7, 11) is 0. The van der Waals surface area contributed by atoms with Crippen molar-refractivity contribution in [2.45, 2.75) is 83.8 Å². The lowest BCUT2D eigenvalue weighted by Gasteiger charge is -2.33. The van der Waals surface area contributed by atoms with E-state index in [0.717, 1.165) is 26.7 Å². The van der Waals surface area contributed by atoms with Crippen LogP contribution in [0.3, 0.4) is 0 Å². The third-order valence-electron chi connectivity index (χ3n) is 9.28. The number of alkyl halides is 9. The molecule has 2 aliphatic heterocycles. The van der Waals surface area contributed by atoms with Gasteiger partial charge in [-0.2, -0.15) is 44.3 Å². The number of halogens is 9. The maximum absolute atomic E-state index is 14.3. The van der Waals surface area contributed by atoms with Gasteiger partial charge in [-0.3, -0.25) is 19.4 Å². The maximum Gasteiger partial charge on any atom is 0.416 e. The Morgan fingerprint density at radius 3 is 1.98 bits per heavy atom. The first-order valence-corrected chi connectivity index (χ1v) is 17.4.